The minimum atomic E-state index is -0.433. The van der Waals surface area contributed by atoms with E-state index in [4.69, 9.17) is 28.2 Å². The first-order valence-electron chi connectivity index (χ1n) is 15.0. The molecule has 2 aromatic carbocycles. The largest absolute Gasteiger partial charge is 0.351 e. The molecule has 0 bridgehead atoms. The molecule has 0 radical (unpaired) electrons. The lowest BCUT2D eigenvalue weighted by Crippen LogP contribution is -2.57. The maximum Gasteiger partial charge on any atom is 0.246 e. The Morgan fingerprint density at radius 3 is 2.76 bits per heavy atom. The summed E-state index contributed by atoms with van der Waals surface area (Å²) in [4.78, 5) is 28.2. The topological polar surface area (TPSA) is 107 Å². The molecule has 2 saturated heterocycles. The second kappa shape index (κ2) is 11.8. The van der Waals surface area contributed by atoms with Crippen molar-refractivity contribution in [1.29, 1.82) is 5.26 Å². The third-order valence-electron chi connectivity index (χ3n) is 9.22. The van der Waals surface area contributed by atoms with Crippen LogP contribution in [0.15, 0.2) is 49.2 Å². The maximum absolute atomic E-state index is 14.9. The zero-order valence-electron chi connectivity index (χ0n) is 25.3. The molecule has 1 amide bonds. The molecule has 3 aromatic heterocycles. The molecule has 0 unspecified atom stereocenters. The number of fused-ring (bicyclic) bond motifs is 4. The highest BCUT2D eigenvalue weighted by atomic mass is 35.5. The number of anilines is 1. The molecule has 2 fully saturated rings. The summed E-state index contributed by atoms with van der Waals surface area (Å²) < 4.78 is 16.8. The summed E-state index contributed by atoms with van der Waals surface area (Å²) in [6, 6.07) is 10.3. The highest BCUT2D eigenvalue weighted by Crippen LogP contribution is 2.46. The second-order valence-corrected chi connectivity index (χ2v) is 12.9. The highest BCUT2D eigenvalue weighted by molar-refractivity contribution is 6.44. The number of pyridine rings is 2. The third kappa shape index (κ3) is 4.92. The molecule has 0 saturated carbocycles. The average Bonchev–Trinajstić information content (AvgIpc) is 3.46. The number of nitrogens with zero attached hydrogens (tertiary/aromatic N) is 9. The summed E-state index contributed by atoms with van der Waals surface area (Å²) in [5.74, 6) is 0.0208. The van der Waals surface area contributed by atoms with Gasteiger partial charge in [0, 0.05) is 59.8 Å². The first-order chi connectivity index (χ1) is 22.2. The van der Waals surface area contributed by atoms with Crippen molar-refractivity contribution in [3.05, 3.63) is 65.0 Å². The number of aromatic nitrogens is 5. The minimum absolute atomic E-state index is 0.157. The van der Waals surface area contributed by atoms with E-state index in [0.717, 1.165) is 18.6 Å². The van der Waals surface area contributed by atoms with Crippen LogP contribution in [0.2, 0.25) is 10.0 Å². The zero-order valence-corrected chi connectivity index (χ0v) is 26.8. The van der Waals surface area contributed by atoms with Gasteiger partial charge in [0.05, 0.1) is 39.6 Å². The number of hydrogen-bond acceptors (Lipinski definition) is 8. The minimum Gasteiger partial charge on any atom is -0.351 e. The van der Waals surface area contributed by atoms with Gasteiger partial charge in [-0.1, -0.05) is 41.1 Å². The fourth-order valence-corrected chi connectivity index (χ4v) is 7.44. The van der Waals surface area contributed by atoms with Gasteiger partial charge in [-0.05, 0) is 57.3 Å². The van der Waals surface area contributed by atoms with Crippen molar-refractivity contribution < 1.29 is 9.18 Å². The molecule has 2 aliphatic heterocycles. The van der Waals surface area contributed by atoms with Gasteiger partial charge in [-0.2, -0.15) is 5.26 Å². The number of amides is 1. The third-order valence-corrected chi connectivity index (χ3v) is 9.89. The Kier molecular flexibility index (Phi) is 7.75. The van der Waals surface area contributed by atoms with E-state index in [9.17, 15) is 14.4 Å². The molecule has 7 rings (SSSR count). The number of likely N-dealkylation sites (N-methyl/N-ethyl adjacent to an activating group) is 1. The Balaban J connectivity index is 1.44. The smallest absolute Gasteiger partial charge is 0.246 e. The molecule has 10 nitrogen and oxygen atoms in total. The Labute approximate surface area is 274 Å². The van der Waals surface area contributed by atoms with Crippen LogP contribution in [0.5, 0.6) is 0 Å². The van der Waals surface area contributed by atoms with Crippen molar-refractivity contribution in [1.82, 2.24) is 34.8 Å². The van der Waals surface area contributed by atoms with Crippen LogP contribution < -0.4 is 4.90 Å². The van der Waals surface area contributed by atoms with E-state index in [-0.39, 0.29) is 29.4 Å². The number of carbonyl (C=O) groups is 1. The van der Waals surface area contributed by atoms with Crippen LogP contribution in [-0.2, 0) is 4.79 Å². The number of likely N-dealkylation sites (tertiary alicyclic amines) is 1. The van der Waals surface area contributed by atoms with Crippen LogP contribution in [0, 0.1) is 17.1 Å². The molecule has 5 aromatic rings. The van der Waals surface area contributed by atoms with Gasteiger partial charge in [0.15, 0.2) is 11.3 Å². The number of rotatable bonds is 6. The lowest BCUT2D eigenvalue weighted by molar-refractivity contribution is -0.130. The Morgan fingerprint density at radius 2 is 2.02 bits per heavy atom. The molecule has 13 heteroatoms. The average molecular weight is 659 g/mol. The molecule has 0 N–H and O–H groups in total. The number of hydrogen-bond donors (Lipinski definition) is 0. The predicted octanol–water partition coefficient (Wildman–Crippen LogP) is 6.02. The lowest BCUT2D eigenvalue weighted by atomic mass is 9.94. The summed E-state index contributed by atoms with van der Waals surface area (Å²) >= 11 is 14.2. The van der Waals surface area contributed by atoms with Crippen molar-refractivity contribution in [2.75, 3.05) is 38.6 Å². The van der Waals surface area contributed by atoms with Gasteiger partial charge in [-0.15, -0.1) is 5.10 Å². The number of benzene rings is 2. The zero-order chi connectivity index (χ0) is 32.3. The molecule has 5 heterocycles. The van der Waals surface area contributed by atoms with Crippen LogP contribution in [0.25, 0.3) is 44.0 Å². The quantitative estimate of drug-likeness (QED) is 0.204. The highest BCUT2D eigenvalue weighted by Gasteiger charge is 2.36. The Hall–Kier alpha value is -4.37. The van der Waals surface area contributed by atoms with Crippen LogP contribution in [0.3, 0.4) is 0 Å². The van der Waals surface area contributed by atoms with Gasteiger partial charge in [-0.25, -0.2) is 14.1 Å². The SMILES string of the molecule is C=CC(=O)N1CC[C@H](n2nnc3c(N4CC(N(C)C)C4)nc4c(Cl)c(-c5cc(F)cc6cccnc56)c(Cl)cc4c32)C[C@H]1CC#N. The molecular weight excluding hydrogens is 628 g/mol. The van der Waals surface area contributed by atoms with E-state index in [1.54, 1.807) is 29.3 Å². The van der Waals surface area contributed by atoms with Gasteiger partial charge < -0.3 is 14.7 Å². The van der Waals surface area contributed by atoms with E-state index in [2.05, 4.69) is 37.7 Å². The standard InChI is InChI=1S/C33H30Cl2FN9O/c1-4-26(46)44-11-8-21(14-20(44)7-9-37)45-32-24-15-25(34)27(23-13-19(36)12-18-6-5-10-38-29(18)23)28(35)30(24)39-33(31(32)40-41-45)43-16-22(17-43)42(2)3/h4-6,10,12-13,15,20-22H,1,7-8,11,14,16-17H2,2-3H3/t20-,21+/m1/s1. The van der Waals surface area contributed by atoms with Crippen molar-refractivity contribution in [3.63, 3.8) is 0 Å². The number of nitriles is 1. The monoisotopic (exact) mass is 657 g/mol. The molecule has 2 atom stereocenters. The van der Waals surface area contributed by atoms with E-state index >= 15 is 0 Å². The lowest BCUT2D eigenvalue weighted by Gasteiger charge is -2.43. The number of halogens is 3. The Morgan fingerprint density at radius 1 is 1.22 bits per heavy atom. The summed E-state index contributed by atoms with van der Waals surface area (Å²) in [6.07, 6.45) is 4.24. The van der Waals surface area contributed by atoms with Gasteiger partial charge in [0.2, 0.25) is 5.91 Å². The van der Waals surface area contributed by atoms with Gasteiger partial charge >= 0.3 is 0 Å². The molecule has 2 aliphatic rings. The fraction of sp³-hybridized carbons (Fsp3) is 0.333. The number of piperidine rings is 1. The second-order valence-electron chi connectivity index (χ2n) is 12.1. The van der Waals surface area contributed by atoms with E-state index in [1.165, 1.54) is 18.2 Å². The Bertz CT molecular complexity index is 2090. The molecule has 46 heavy (non-hydrogen) atoms. The van der Waals surface area contributed by atoms with Crippen LogP contribution in [-0.4, -0.2) is 86.5 Å². The molecular formula is C33H30Cl2FN9O. The van der Waals surface area contributed by atoms with Crippen LogP contribution >= 0.6 is 23.2 Å². The van der Waals surface area contributed by atoms with Crippen LogP contribution in [0.4, 0.5) is 10.2 Å². The van der Waals surface area contributed by atoms with E-state index in [1.807, 2.05) is 18.8 Å². The molecule has 0 spiro atoms. The van der Waals surface area contributed by atoms with Crippen molar-refractivity contribution in [2.24, 2.45) is 0 Å². The first kappa shape index (κ1) is 30.3. The van der Waals surface area contributed by atoms with Gasteiger partial charge in [0.1, 0.15) is 11.3 Å². The van der Waals surface area contributed by atoms with E-state index < -0.39 is 5.82 Å². The molecule has 234 valence electrons. The van der Waals surface area contributed by atoms with Crippen molar-refractivity contribution >= 4 is 67.8 Å². The maximum atomic E-state index is 14.9. The molecule has 0 aliphatic carbocycles. The van der Waals surface area contributed by atoms with Gasteiger partial charge in [-0.3, -0.25) is 9.78 Å². The van der Waals surface area contributed by atoms with E-state index in [0.29, 0.717) is 74.7 Å². The van der Waals surface area contributed by atoms with Crippen molar-refractivity contribution in [3.8, 4) is 17.2 Å². The van der Waals surface area contributed by atoms with Gasteiger partial charge in [0.25, 0.3) is 0 Å². The normalized spacial score (nSPS) is 18.8. The van der Waals surface area contributed by atoms with Crippen LogP contribution in [0.1, 0.15) is 25.3 Å². The fourth-order valence-electron chi connectivity index (χ4n) is 6.73. The first-order valence-corrected chi connectivity index (χ1v) is 15.8. The summed E-state index contributed by atoms with van der Waals surface area (Å²) in [7, 11) is 4.09. The summed E-state index contributed by atoms with van der Waals surface area (Å²) in [6.45, 7) is 5.57. The number of carbonyl (C=O) groups excluding carboxylic acids is 1. The summed E-state index contributed by atoms with van der Waals surface area (Å²) in [5.41, 5.74) is 3.30. The summed E-state index contributed by atoms with van der Waals surface area (Å²) in [5, 5.41) is 20.7. The van der Waals surface area contributed by atoms with Crippen molar-refractivity contribution in [2.45, 2.75) is 37.4 Å². The predicted molar refractivity (Wildman–Crippen MR) is 177 cm³/mol.